The van der Waals surface area contributed by atoms with Crippen molar-refractivity contribution < 1.29 is 4.74 Å². The van der Waals surface area contributed by atoms with Crippen molar-refractivity contribution >= 4 is 29.9 Å². The minimum Gasteiger partial charge on any atom is -0.383 e. The van der Waals surface area contributed by atoms with Gasteiger partial charge >= 0.3 is 0 Å². The maximum atomic E-state index is 5.19. The van der Waals surface area contributed by atoms with Crippen molar-refractivity contribution in [2.45, 2.75) is 67.0 Å². The topological polar surface area (TPSA) is 54.7 Å². The Kier molecular flexibility index (Phi) is 11.4. The molecule has 0 aliphatic carbocycles. The van der Waals surface area contributed by atoms with Crippen molar-refractivity contribution in [1.82, 2.24) is 20.0 Å². The van der Waals surface area contributed by atoms with Crippen LogP contribution in [0.1, 0.15) is 57.0 Å². The highest BCUT2D eigenvalue weighted by Gasteiger charge is 2.29. The van der Waals surface area contributed by atoms with Crippen LogP contribution in [0.25, 0.3) is 0 Å². The van der Waals surface area contributed by atoms with Gasteiger partial charge in [0.2, 0.25) is 0 Å². The van der Waals surface area contributed by atoms with E-state index in [-0.39, 0.29) is 24.0 Å². The van der Waals surface area contributed by atoms with Crippen LogP contribution in [0.3, 0.4) is 0 Å². The molecule has 1 aromatic heterocycles. The number of aromatic nitrogens is 2. The fourth-order valence-electron chi connectivity index (χ4n) is 4.26. The summed E-state index contributed by atoms with van der Waals surface area (Å²) in [6.07, 6.45) is 3.84. The minimum atomic E-state index is 0. The molecule has 1 atom stereocenters. The van der Waals surface area contributed by atoms with E-state index in [4.69, 9.17) is 9.73 Å². The first-order valence-corrected chi connectivity index (χ1v) is 10.6. The van der Waals surface area contributed by atoms with Crippen LogP contribution in [0.15, 0.2) is 4.99 Å². The van der Waals surface area contributed by atoms with E-state index in [1.165, 1.54) is 30.5 Å². The molecule has 1 saturated heterocycles. The van der Waals surface area contributed by atoms with Gasteiger partial charge in [-0.15, -0.1) is 24.0 Å². The monoisotopic (exact) mass is 505 g/mol. The minimum absolute atomic E-state index is 0. The first kappa shape index (κ1) is 25.2. The van der Waals surface area contributed by atoms with Gasteiger partial charge in [0.25, 0.3) is 0 Å². The van der Waals surface area contributed by atoms with Gasteiger partial charge in [0.1, 0.15) is 0 Å². The molecule has 6 nitrogen and oxygen atoms in total. The molecule has 0 spiro atoms. The van der Waals surface area contributed by atoms with E-state index in [2.05, 4.69) is 49.9 Å². The molecule has 0 radical (unpaired) electrons. The number of aryl methyl sites for hydroxylation is 1. The molecule has 1 N–H and O–H groups in total. The number of hydrogen-bond donors (Lipinski definition) is 1. The number of ether oxygens (including phenoxy) is 1. The van der Waals surface area contributed by atoms with Gasteiger partial charge in [0.05, 0.1) is 25.4 Å². The molecule has 1 fully saturated rings. The second-order valence-corrected chi connectivity index (χ2v) is 7.61. The summed E-state index contributed by atoms with van der Waals surface area (Å²) < 4.78 is 7.23. The summed E-state index contributed by atoms with van der Waals surface area (Å²) in [5.74, 6) is 2.68. The molecule has 7 heteroatoms. The summed E-state index contributed by atoms with van der Waals surface area (Å²) >= 11 is 0. The summed E-state index contributed by atoms with van der Waals surface area (Å²) in [6, 6.07) is 0. The molecule has 0 aromatic carbocycles. The zero-order chi connectivity index (χ0) is 19.8. The van der Waals surface area contributed by atoms with Crippen molar-refractivity contribution in [2.24, 2.45) is 16.8 Å². The first-order valence-electron chi connectivity index (χ1n) is 10.6. The molecule has 1 aliphatic rings. The Morgan fingerprint density at radius 2 is 2.00 bits per heavy atom. The maximum absolute atomic E-state index is 5.19. The van der Waals surface area contributed by atoms with Crippen LogP contribution in [0, 0.1) is 25.7 Å². The number of halogens is 1. The highest BCUT2D eigenvalue weighted by Crippen LogP contribution is 2.28. The molecule has 1 aliphatic heterocycles. The molecule has 0 amide bonds. The lowest BCUT2D eigenvalue weighted by Crippen LogP contribution is -2.40. The summed E-state index contributed by atoms with van der Waals surface area (Å²) in [4.78, 5) is 7.42. The van der Waals surface area contributed by atoms with Gasteiger partial charge in [-0.05, 0) is 39.0 Å². The molecular formula is C21H40IN5O. The average molecular weight is 505 g/mol. The third-order valence-corrected chi connectivity index (χ3v) is 6.00. The molecule has 0 bridgehead atoms. The van der Waals surface area contributed by atoms with Gasteiger partial charge in [-0.2, -0.15) is 5.10 Å². The van der Waals surface area contributed by atoms with Crippen molar-refractivity contribution in [1.29, 1.82) is 0 Å². The van der Waals surface area contributed by atoms with Crippen LogP contribution >= 0.6 is 24.0 Å². The van der Waals surface area contributed by atoms with Crippen LogP contribution in [-0.2, 0) is 17.8 Å². The van der Waals surface area contributed by atoms with E-state index in [1.807, 2.05) is 4.68 Å². The normalized spacial score (nSPS) is 17.3. The molecule has 28 heavy (non-hydrogen) atoms. The van der Waals surface area contributed by atoms with Crippen molar-refractivity contribution in [3.05, 3.63) is 17.0 Å². The van der Waals surface area contributed by atoms with Crippen molar-refractivity contribution in [3.63, 3.8) is 0 Å². The quantitative estimate of drug-likeness (QED) is 0.313. The van der Waals surface area contributed by atoms with Crippen molar-refractivity contribution in [3.8, 4) is 0 Å². The van der Waals surface area contributed by atoms with Crippen LogP contribution < -0.4 is 5.32 Å². The highest BCUT2D eigenvalue weighted by molar-refractivity contribution is 14.0. The second-order valence-electron chi connectivity index (χ2n) is 7.61. The molecular weight excluding hydrogens is 465 g/mol. The van der Waals surface area contributed by atoms with E-state index in [0.717, 1.165) is 49.7 Å². The van der Waals surface area contributed by atoms with Crippen LogP contribution in [0.4, 0.5) is 0 Å². The lowest BCUT2D eigenvalue weighted by Gasteiger charge is -2.24. The fourth-order valence-corrected chi connectivity index (χ4v) is 4.26. The van der Waals surface area contributed by atoms with E-state index in [1.54, 1.807) is 7.11 Å². The molecule has 1 unspecified atom stereocenters. The molecule has 162 valence electrons. The third kappa shape index (κ3) is 6.34. The van der Waals surface area contributed by atoms with E-state index in [0.29, 0.717) is 13.2 Å². The van der Waals surface area contributed by atoms with E-state index >= 15 is 0 Å². The lowest BCUT2D eigenvalue weighted by atomic mass is 9.87. The molecule has 0 saturated carbocycles. The average Bonchev–Trinajstić information content (AvgIpc) is 3.24. The number of likely N-dealkylation sites (tertiary alicyclic amines) is 1. The van der Waals surface area contributed by atoms with Gasteiger partial charge < -0.3 is 15.0 Å². The molecule has 1 aromatic rings. The SMILES string of the molecule is CCNC(=NCc1c(C)nn(CCOC)c1C)N1CCC(C(CC)CC)C1.I. The van der Waals surface area contributed by atoms with Gasteiger partial charge in [-0.1, -0.05) is 26.7 Å². The van der Waals surface area contributed by atoms with Gasteiger partial charge in [0, 0.05) is 38.0 Å². The summed E-state index contributed by atoms with van der Waals surface area (Å²) in [6.45, 7) is 16.3. The third-order valence-electron chi connectivity index (χ3n) is 6.00. The largest absolute Gasteiger partial charge is 0.383 e. The number of rotatable bonds is 9. The summed E-state index contributed by atoms with van der Waals surface area (Å²) in [5.41, 5.74) is 3.50. The number of guanidine groups is 1. The first-order chi connectivity index (χ1) is 13.0. The van der Waals surface area contributed by atoms with E-state index < -0.39 is 0 Å². The molecule has 2 heterocycles. The van der Waals surface area contributed by atoms with Gasteiger partial charge in [-0.3, -0.25) is 4.68 Å². The summed E-state index contributed by atoms with van der Waals surface area (Å²) in [7, 11) is 1.73. The fraction of sp³-hybridized carbons (Fsp3) is 0.810. The Labute approximate surface area is 188 Å². The zero-order valence-corrected chi connectivity index (χ0v) is 21.0. The van der Waals surface area contributed by atoms with Gasteiger partial charge in [0.15, 0.2) is 5.96 Å². The Hall–Kier alpha value is -0.830. The number of hydrogen-bond acceptors (Lipinski definition) is 3. The number of nitrogens with zero attached hydrogens (tertiary/aromatic N) is 4. The zero-order valence-electron chi connectivity index (χ0n) is 18.6. The number of aliphatic imine (C=N–C) groups is 1. The smallest absolute Gasteiger partial charge is 0.194 e. The van der Waals surface area contributed by atoms with Crippen molar-refractivity contribution in [2.75, 3.05) is 33.4 Å². The second kappa shape index (κ2) is 12.7. The van der Waals surface area contributed by atoms with Crippen LogP contribution in [-0.4, -0.2) is 54.0 Å². The Morgan fingerprint density at radius 3 is 2.61 bits per heavy atom. The van der Waals surface area contributed by atoms with E-state index in [9.17, 15) is 0 Å². The summed E-state index contributed by atoms with van der Waals surface area (Å²) in [5, 5.41) is 8.16. The Morgan fingerprint density at radius 1 is 1.29 bits per heavy atom. The number of methoxy groups -OCH3 is 1. The number of nitrogens with one attached hydrogen (secondary N) is 1. The molecule has 2 rings (SSSR count). The van der Waals surface area contributed by atoms with Crippen LogP contribution in [0.2, 0.25) is 0 Å². The maximum Gasteiger partial charge on any atom is 0.194 e. The van der Waals surface area contributed by atoms with Gasteiger partial charge in [-0.25, -0.2) is 4.99 Å². The highest BCUT2D eigenvalue weighted by atomic mass is 127. The predicted octanol–water partition coefficient (Wildman–Crippen LogP) is 3.99. The Balaban J connectivity index is 0.00000392. The predicted molar refractivity (Wildman–Crippen MR) is 128 cm³/mol. The lowest BCUT2D eigenvalue weighted by molar-refractivity contribution is 0.182. The Bertz CT molecular complexity index is 612. The van der Waals surface area contributed by atoms with Crippen LogP contribution in [0.5, 0.6) is 0 Å². The standard InChI is InChI=1S/C21H39N5O.HI/c1-7-18(8-2)19-10-11-25(15-19)21(22-9-3)23-14-20-16(4)24-26(17(20)5)12-13-27-6;/h18-19H,7-15H2,1-6H3,(H,22,23);1H.